The summed E-state index contributed by atoms with van der Waals surface area (Å²) >= 11 is 0. The van der Waals surface area contributed by atoms with Crippen LogP contribution >= 0.6 is 0 Å². The molecule has 2 aromatic carbocycles. The van der Waals surface area contributed by atoms with Crippen molar-refractivity contribution in [3.05, 3.63) is 69.5 Å². The van der Waals surface area contributed by atoms with Crippen LogP contribution in [0.1, 0.15) is 43.2 Å². The largest absolute Gasteiger partial charge is 0.417 e. The van der Waals surface area contributed by atoms with Gasteiger partial charge < -0.3 is 9.73 Å². The lowest BCUT2D eigenvalue weighted by atomic mass is 9.83. The van der Waals surface area contributed by atoms with Crippen LogP contribution in [0.3, 0.4) is 0 Å². The molecule has 0 saturated carbocycles. The standard InChI is InChI=1S/C23H21F3N2O3/c1-12-16(11-17(24)22(26)21(12)25)14-5-2-13(3-6-14)4-9-20(29)27-15-7-8-18-19(10-15)31-23(30)28-18/h5,7-8,10-11,13H,2-4,6,9H2,1H3,(H,27,29)(H,28,30). The molecule has 31 heavy (non-hydrogen) atoms. The number of hydrogen-bond acceptors (Lipinski definition) is 3. The number of nitrogens with one attached hydrogen (secondary N) is 2. The van der Waals surface area contributed by atoms with Gasteiger partial charge in [-0.3, -0.25) is 9.78 Å². The zero-order valence-electron chi connectivity index (χ0n) is 16.9. The quantitative estimate of drug-likeness (QED) is 0.529. The van der Waals surface area contributed by atoms with Crippen molar-refractivity contribution in [1.29, 1.82) is 0 Å². The van der Waals surface area contributed by atoms with E-state index in [1.165, 1.54) is 6.92 Å². The highest BCUT2D eigenvalue weighted by Crippen LogP contribution is 2.35. The van der Waals surface area contributed by atoms with E-state index in [1.807, 2.05) is 6.08 Å². The highest BCUT2D eigenvalue weighted by Gasteiger charge is 2.21. The first-order valence-corrected chi connectivity index (χ1v) is 10.1. The molecule has 1 aliphatic carbocycles. The summed E-state index contributed by atoms with van der Waals surface area (Å²) in [6.07, 6.45) is 4.99. The van der Waals surface area contributed by atoms with E-state index < -0.39 is 23.2 Å². The van der Waals surface area contributed by atoms with Crippen LogP contribution < -0.4 is 11.1 Å². The Bertz CT molecular complexity index is 1240. The van der Waals surface area contributed by atoms with Crippen LogP contribution in [-0.2, 0) is 4.79 Å². The number of hydrogen-bond donors (Lipinski definition) is 2. The minimum atomic E-state index is -1.45. The summed E-state index contributed by atoms with van der Waals surface area (Å²) in [7, 11) is 0. The first-order valence-electron chi connectivity index (χ1n) is 10.1. The molecule has 1 aromatic heterocycles. The maximum atomic E-state index is 13.9. The van der Waals surface area contributed by atoms with E-state index >= 15 is 0 Å². The zero-order valence-corrected chi connectivity index (χ0v) is 16.9. The highest BCUT2D eigenvalue weighted by atomic mass is 19.2. The molecule has 0 spiro atoms. The summed E-state index contributed by atoms with van der Waals surface area (Å²) in [5, 5.41) is 2.79. The first-order chi connectivity index (χ1) is 14.8. The summed E-state index contributed by atoms with van der Waals surface area (Å²) in [5.41, 5.74) is 2.79. The SMILES string of the molecule is Cc1c(C2=CCC(CCC(=O)Nc3ccc4[nH]c(=O)oc4c3)CC2)cc(F)c(F)c1F. The van der Waals surface area contributed by atoms with E-state index in [-0.39, 0.29) is 17.4 Å². The number of amides is 1. The molecule has 162 valence electrons. The second-order valence-corrected chi connectivity index (χ2v) is 7.84. The average molecular weight is 430 g/mol. The van der Waals surface area contributed by atoms with Gasteiger partial charge in [-0.1, -0.05) is 6.08 Å². The fourth-order valence-corrected chi connectivity index (χ4v) is 4.00. The van der Waals surface area contributed by atoms with E-state index in [1.54, 1.807) is 18.2 Å². The van der Waals surface area contributed by atoms with E-state index in [9.17, 15) is 22.8 Å². The van der Waals surface area contributed by atoms with Crippen molar-refractivity contribution in [2.45, 2.75) is 39.0 Å². The molecule has 8 heteroatoms. The van der Waals surface area contributed by atoms with Gasteiger partial charge in [0.2, 0.25) is 5.91 Å². The fourth-order valence-electron chi connectivity index (χ4n) is 4.00. The van der Waals surface area contributed by atoms with Crippen LogP contribution in [0.2, 0.25) is 0 Å². The van der Waals surface area contributed by atoms with Gasteiger partial charge in [-0.25, -0.2) is 18.0 Å². The molecule has 0 saturated heterocycles. The lowest BCUT2D eigenvalue weighted by Gasteiger charge is -2.23. The third-order valence-electron chi connectivity index (χ3n) is 5.76. The lowest BCUT2D eigenvalue weighted by Crippen LogP contribution is -2.14. The van der Waals surface area contributed by atoms with Gasteiger partial charge in [0.25, 0.3) is 0 Å². The summed E-state index contributed by atoms with van der Waals surface area (Å²) < 4.78 is 45.8. The molecule has 0 aliphatic heterocycles. The Hall–Kier alpha value is -3.29. The van der Waals surface area contributed by atoms with Gasteiger partial charge in [-0.05, 0) is 73.4 Å². The number of aromatic amines is 1. The molecule has 2 N–H and O–H groups in total. The van der Waals surface area contributed by atoms with Crippen LogP contribution in [0.5, 0.6) is 0 Å². The molecule has 0 bridgehead atoms. The summed E-state index contributed by atoms with van der Waals surface area (Å²) in [4.78, 5) is 26.0. The summed E-state index contributed by atoms with van der Waals surface area (Å²) in [6, 6.07) is 5.98. The van der Waals surface area contributed by atoms with Gasteiger partial charge in [-0.2, -0.15) is 0 Å². The molecule has 1 heterocycles. The van der Waals surface area contributed by atoms with Crippen molar-refractivity contribution in [2.24, 2.45) is 5.92 Å². The van der Waals surface area contributed by atoms with Crippen molar-refractivity contribution in [2.75, 3.05) is 5.32 Å². The molecule has 1 unspecified atom stereocenters. The second-order valence-electron chi connectivity index (χ2n) is 7.84. The molecular weight excluding hydrogens is 409 g/mol. The second kappa shape index (κ2) is 8.45. The topological polar surface area (TPSA) is 75.1 Å². The van der Waals surface area contributed by atoms with Gasteiger partial charge in [0.15, 0.2) is 23.0 Å². The van der Waals surface area contributed by atoms with Crippen molar-refractivity contribution in [3.8, 4) is 0 Å². The number of aromatic nitrogens is 1. The number of carbonyl (C=O) groups is 1. The van der Waals surface area contributed by atoms with Crippen molar-refractivity contribution < 1.29 is 22.4 Å². The van der Waals surface area contributed by atoms with Crippen LogP contribution in [-0.4, -0.2) is 10.9 Å². The maximum absolute atomic E-state index is 13.9. The molecular formula is C23H21F3N2O3. The maximum Gasteiger partial charge on any atom is 0.417 e. The zero-order chi connectivity index (χ0) is 22.1. The third kappa shape index (κ3) is 4.42. The van der Waals surface area contributed by atoms with Gasteiger partial charge in [0.1, 0.15) is 0 Å². The number of H-pyrrole nitrogens is 1. The number of anilines is 1. The van der Waals surface area contributed by atoms with Gasteiger partial charge >= 0.3 is 5.76 Å². The monoisotopic (exact) mass is 430 g/mol. The van der Waals surface area contributed by atoms with E-state index in [4.69, 9.17) is 4.42 Å². The summed E-state index contributed by atoms with van der Waals surface area (Å²) in [5.74, 6) is -4.20. The highest BCUT2D eigenvalue weighted by molar-refractivity contribution is 5.92. The van der Waals surface area contributed by atoms with Crippen molar-refractivity contribution in [1.82, 2.24) is 4.98 Å². The van der Waals surface area contributed by atoms with E-state index in [2.05, 4.69) is 10.3 Å². The predicted molar refractivity (Wildman–Crippen MR) is 111 cm³/mol. The molecule has 0 radical (unpaired) electrons. The third-order valence-corrected chi connectivity index (χ3v) is 5.76. The number of fused-ring (bicyclic) bond motifs is 1. The predicted octanol–water partition coefficient (Wildman–Crippen LogP) is 5.45. The number of allylic oxidation sites excluding steroid dienone is 2. The Morgan fingerprint density at radius 1 is 1.23 bits per heavy atom. The number of halogens is 3. The minimum Gasteiger partial charge on any atom is -0.408 e. The molecule has 1 amide bonds. The van der Waals surface area contributed by atoms with Gasteiger partial charge in [0, 0.05) is 18.2 Å². The fraction of sp³-hybridized carbons (Fsp3) is 0.304. The van der Waals surface area contributed by atoms with E-state index in [0.29, 0.717) is 48.0 Å². The van der Waals surface area contributed by atoms with Crippen LogP contribution in [0.4, 0.5) is 18.9 Å². The van der Waals surface area contributed by atoms with E-state index in [0.717, 1.165) is 18.1 Å². The molecule has 0 fully saturated rings. The average Bonchev–Trinajstić information content (AvgIpc) is 3.13. The molecule has 1 aliphatic rings. The molecule has 3 aromatic rings. The van der Waals surface area contributed by atoms with Crippen molar-refractivity contribution >= 4 is 28.3 Å². The smallest absolute Gasteiger partial charge is 0.408 e. The van der Waals surface area contributed by atoms with Gasteiger partial charge in [0.05, 0.1) is 5.52 Å². The summed E-state index contributed by atoms with van der Waals surface area (Å²) in [6.45, 7) is 1.44. The van der Waals surface area contributed by atoms with Crippen LogP contribution in [0.25, 0.3) is 16.7 Å². The van der Waals surface area contributed by atoms with Crippen LogP contribution in [0, 0.1) is 30.3 Å². The Morgan fingerprint density at radius 2 is 2.03 bits per heavy atom. The van der Waals surface area contributed by atoms with Crippen LogP contribution in [0.15, 0.2) is 39.6 Å². The Kier molecular flexibility index (Phi) is 5.71. The molecule has 5 nitrogen and oxygen atoms in total. The Balaban J connectivity index is 1.34. The molecule has 1 atom stereocenters. The number of rotatable bonds is 5. The normalized spacial score (nSPS) is 16.4. The molecule has 4 rings (SSSR count). The number of oxazole rings is 1. The number of carbonyl (C=O) groups excluding carboxylic acids is 1. The van der Waals surface area contributed by atoms with Gasteiger partial charge in [-0.15, -0.1) is 0 Å². The number of benzene rings is 2. The minimum absolute atomic E-state index is 0.109. The Morgan fingerprint density at radius 3 is 2.77 bits per heavy atom. The lowest BCUT2D eigenvalue weighted by molar-refractivity contribution is -0.116. The Labute approximate surface area is 176 Å². The first kappa shape index (κ1) is 21.0. The van der Waals surface area contributed by atoms with Crippen molar-refractivity contribution in [3.63, 3.8) is 0 Å².